The Morgan fingerprint density at radius 1 is 1.22 bits per heavy atom. The Kier molecular flexibility index (Phi) is 5.15. The maximum absolute atomic E-state index is 13.6. The van der Waals surface area contributed by atoms with Gasteiger partial charge in [0.15, 0.2) is 0 Å². The summed E-state index contributed by atoms with van der Waals surface area (Å²) in [7, 11) is 0. The van der Waals surface area contributed by atoms with Gasteiger partial charge in [-0.25, -0.2) is 8.78 Å². The van der Waals surface area contributed by atoms with E-state index in [4.69, 9.17) is 11.6 Å². The van der Waals surface area contributed by atoms with Gasteiger partial charge in [0.1, 0.15) is 11.6 Å². The van der Waals surface area contributed by atoms with Gasteiger partial charge in [-0.15, -0.1) is 11.6 Å². The SMILES string of the molecule is CC(CC(Cl)c1cc(F)ccc1F)CC(C)(C)C. The second-order valence-electron chi connectivity index (χ2n) is 6.24. The van der Waals surface area contributed by atoms with E-state index >= 15 is 0 Å². The summed E-state index contributed by atoms with van der Waals surface area (Å²) in [5.74, 6) is -0.505. The van der Waals surface area contributed by atoms with Crippen molar-refractivity contribution in [1.29, 1.82) is 0 Å². The highest BCUT2D eigenvalue weighted by Gasteiger charge is 2.21. The lowest BCUT2D eigenvalue weighted by molar-refractivity contribution is 0.294. The van der Waals surface area contributed by atoms with Crippen LogP contribution in [0.15, 0.2) is 18.2 Å². The minimum absolute atomic E-state index is 0.219. The summed E-state index contributed by atoms with van der Waals surface area (Å²) in [5.41, 5.74) is 0.480. The first-order chi connectivity index (χ1) is 8.19. The Hall–Kier alpha value is -0.630. The number of rotatable bonds is 4. The fraction of sp³-hybridized carbons (Fsp3) is 0.600. The average Bonchev–Trinajstić information content (AvgIpc) is 2.18. The Morgan fingerprint density at radius 3 is 2.39 bits per heavy atom. The summed E-state index contributed by atoms with van der Waals surface area (Å²) in [4.78, 5) is 0. The van der Waals surface area contributed by atoms with Crippen LogP contribution in [0.1, 0.15) is 51.5 Å². The van der Waals surface area contributed by atoms with Crippen LogP contribution in [0.25, 0.3) is 0 Å². The standard InChI is InChI=1S/C15H21ClF2/c1-10(9-15(2,3)4)7-13(16)12-8-11(17)5-6-14(12)18/h5-6,8,10,13H,7,9H2,1-4H3. The first-order valence-electron chi connectivity index (χ1n) is 6.28. The Labute approximate surface area is 113 Å². The molecule has 0 saturated heterocycles. The molecular formula is C15H21ClF2. The zero-order valence-corrected chi connectivity index (χ0v) is 12.2. The number of halogens is 3. The third kappa shape index (κ3) is 4.93. The predicted octanol–water partition coefficient (Wildman–Crippen LogP) is 5.71. The monoisotopic (exact) mass is 274 g/mol. The van der Waals surface area contributed by atoms with Crippen LogP contribution in [0, 0.1) is 23.0 Å². The molecule has 0 N–H and O–H groups in total. The Balaban J connectivity index is 2.70. The van der Waals surface area contributed by atoms with Crippen molar-refractivity contribution in [3.05, 3.63) is 35.4 Å². The van der Waals surface area contributed by atoms with Gasteiger partial charge in [-0.2, -0.15) is 0 Å². The lowest BCUT2D eigenvalue weighted by atomic mass is 9.83. The van der Waals surface area contributed by atoms with Gasteiger partial charge in [0.2, 0.25) is 0 Å². The van der Waals surface area contributed by atoms with Gasteiger partial charge < -0.3 is 0 Å². The average molecular weight is 275 g/mol. The molecule has 1 aromatic carbocycles. The molecule has 18 heavy (non-hydrogen) atoms. The first kappa shape index (κ1) is 15.4. The molecule has 3 heteroatoms. The largest absolute Gasteiger partial charge is 0.207 e. The van der Waals surface area contributed by atoms with E-state index in [2.05, 4.69) is 27.7 Å². The highest BCUT2D eigenvalue weighted by molar-refractivity contribution is 6.20. The van der Waals surface area contributed by atoms with E-state index in [1.807, 2.05) is 0 Å². The Bertz CT molecular complexity index is 396. The number of hydrogen-bond acceptors (Lipinski definition) is 0. The second-order valence-corrected chi connectivity index (χ2v) is 6.77. The summed E-state index contributed by atoms with van der Waals surface area (Å²) in [6, 6.07) is 3.44. The molecule has 0 aliphatic heterocycles. The van der Waals surface area contributed by atoms with E-state index < -0.39 is 17.0 Å². The van der Waals surface area contributed by atoms with Crippen molar-refractivity contribution in [3.63, 3.8) is 0 Å². The Morgan fingerprint density at radius 2 is 1.83 bits per heavy atom. The van der Waals surface area contributed by atoms with Gasteiger partial charge in [-0.3, -0.25) is 0 Å². The smallest absolute Gasteiger partial charge is 0.128 e. The molecule has 0 amide bonds. The predicted molar refractivity (Wildman–Crippen MR) is 72.8 cm³/mol. The fourth-order valence-electron chi connectivity index (χ4n) is 2.36. The topological polar surface area (TPSA) is 0 Å². The maximum atomic E-state index is 13.6. The van der Waals surface area contributed by atoms with Crippen LogP contribution in [0.3, 0.4) is 0 Å². The molecule has 0 saturated carbocycles. The highest BCUT2D eigenvalue weighted by atomic mass is 35.5. The van der Waals surface area contributed by atoms with Crippen LogP contribution >= 0.6 is 11.6 Å². The van der Waals surface area contributed by atoms with Crippen LogP contribution in [-0.4, -0.2) is 0 Å². The highest BCUT2D eigenvalue weighted by Crippen LogP contribution is 2.34. The van der Waals surface area contributed by atoms with E-state index in [1.54, 1.807) is 0 Å². The van der Waals surface area contributed by atoms with Crippen molar-refractivity contribution in [2.45, 2.75) is 45.9 Å². The van der Waals surface area contributed by atoms with Crippen LogP contribution in [0.4, 0.5) is 8.78 Å². The minimum atomic E-state index is -0.474. The van der Waals surface area contributed by atoms with Crippen molar-refractivity contribution in [2.24, 2.45) is 11.3 Å². The maximum Gasteiger partial charge on any atom is 0.128 e. The van der Waals surface area contributed by atoms with Gasteiger partial charge in [0.05, 0.1) is 5.38 Å². The molecule has 0 aromatic heterocycles. The molecule has 2 atom stereocenters. The zero-order chi connectivity index (χ0) is 13.9. The van der Waals surface area contributed by atoms with Gasteiger partial charge in [-0.05, 0) is 42.4 Å². The molecule has 0 spiro atoms. The van der Waals surface area contributed by atoms with E-state index in [0.717, 1.165) is 18.6 Å². The molecular weight excluding hydrogens is 254 g/mol. The third-order valence-corrected chi connectivity index (χ3v) is 3.28. The molecule has 0 aliphatic carbocycles. The van der Waals surface area contributed by atoms with Crippen LogP contribution in [0.2, 0.25) is 0 Å². The van der Waals surface area contributed by atoms with E-state index in [-0.39, 0.29) is 11.0 Å². The normalized spacial score (nSPS) is 15.5. The third-order valence-electron chi connectivity index (χ3n) is 2.87. The van der Waals surface area contributed by atoms with Crippen LogP contribution in [-0.2, 0) is 0 Å². The van der Waals surface area contributed by atoms with Crippen molar-refractivity contribution < 1.29 is 8.78 Å². The minimum Gasteiger partial charge on any atom is -0.207 e. The zero-order valence-electron chi connectivity index (χ0n) is 11.4. The van der Waals surface area contributed by atoms with Crippen molar-refractivity contribution in [3.8, 4) is 0 Å². The van der Waals surface area contributed by atoms with Crippen molar-refractivity contribution >= 4 is 11.6 Å². The van der Waals surface area contributed by atoms with Gasteiger partial charge >= 0.3 is 0 Å². The molecule has 0 aliphatic rings. The summed E-state index contributed by atoms with van der Waals surface area (Å²) in [5, 5.41) is -0.474. The molecule has 0 bridgehead atoms. The van der Waals surface area contributed by atoms with Crippen molar-refractivity contribution in [2.75, 3.05) is 0 Å². The summed E-state index contributed by atoms with van der Waals surface area (Å²) < 4.78 is 26.6. The molecule has 102 valence electrons. The number of alkyl halides is 1. The molecule has 0 heterocycles. The second kappa shape index (κ2) is 6.01. The number of benzene rings is 1. The molecule has 2 unspecified atom stereocenters. The van der Waals surface area contributed by atoms with Crippen molar-refractivity contribution in [1.82, 2.24) is 0 Å². The van der Waals surface area contributed by atoms with E-state index in [1.165, 1.54) is 6.07 Å². The van der Waals surface area contributed by atoms with Gasteiger partial charge in [0.25, 0.3) is 0 Å². The molecule has 1 aromatic rings. The van der Waals surface area contributed by atoms with E-state index in [0.29, 0.717) is 12.3 Å². The van der Waals surface area contributed by atoms with Crippen LogP contribution in [0.5, 0.6) is 0 Å². The lowest BCUT2D eigenvalue weighted by Gasteiger charge is -2.24. The summed E-state index contributed by atoms with van der Waals surface area (Å²) in [6.45, 7) is 8.58. The fourth-order valence-corrected chi connectivity index (χ4v) is 2.83. The lowest BCUT2D eigenvalue weighted by Crippen LogP contribution is -2.12. The molecule has 0 nitrogen and oxygen atoms in total. The van der Waals surface area contributed by atoms with E-state index in [9.17, 15) is 8.78 Å². The quantitative estimate of drug-likeness (QED) is 0.617. The number of hydrogen-bond donors (Lipinski definition) is 0. The van der Waals surface area contributed by atoms with Gasteiger partial charge in [0, 0.05) is 5.56 Å². The van der Waals surface area contributed by atoms with Crippen LogP contribution < -0.4 is 0 Å². The van der Waals surface area contributed by atoms with Gasteiger partial charge in [-0.1, -0.05) is 27.7 Å². The summed E-state index contributed by atoms with van der Waals surface area (Å²) >= 11 is 6.20. The summed E-state index contributed by atoms with van der Waals surface area (Å²) in [6.07, 6.45) is 1.66. The molecule has 0 radical (unpaired) electrons. The molecule has 1 rings (SSSR count). The molecule has 0 fully saturated rings. The first-order valence-corrected chi connectivity index (χ1v) is 6.71.